The van der Waals surface area contributed by atoms with Crippen LogP contribution >= 0.6 is 11.3 Å². The van der Waals surface area contributed by atoms with E-state index < -0.39 is 0 Å². The van der Waals surface area contributed by atoms with Crippen molar-refractivity contribution in [2.45, 2.75) is 71.6 Å². The third-order valence-electron chi connectivity index (χ3n) is 3.28. The van der Waals surface area contributed by atoms with Crippen LogP contribution in [0.25, 0.3) is 0 Å². The molecule has 104 valence electrons. The van der Waals surface area contributed by atoms with Gasteiger partial charge in [0, 0.05) is 4.88 Å². The topological polar surface area (TPSA) is 9.23 Å². The average Bonchev–Trinajstić information content (AvgIpc) is 2.84. The van der Waals surface area contributed by atoms with Gasteiger partial charge in [-0.05, 0) is 24.3 Å². The molecule has 0 saturated heterocycles. The van der Waals surface area contributed by atoms with Crippen LogP contribution in [0.2, 0.25) is 0 Å². The van der Waals surface area contributed by atoms with Gasteiger partial charge in [0.2, 0.25) is 0 Å². The molecule has 0 aliphatic heterocycles. The molecule has 1 aromatic heterocycles. The normalized spacial score (nSPS) is 10.8. The molecule has 0 aliphatic rings. The van der Waals surface area contributed by atoms with Crippen molar-refractivity contribution in [3.05, 3.63) is 16.3 Å². The first-order valence-corrected chi connectivity index (χ1v) is 8.45. The van der Waals surface area contributed by atoms with Crippen molar-refractivity contribution in [3.8, 4) is 5.75 Å². The molecule has 0 atom stereocenters. The molecule has 1 rings (SSSR count). The highest BCUT2D eigenvalue weighted by molar-refractivity contribution is 7.10. The molecule has 0 amide bonds. The van der Waals surface area contributed by atoms with Crippen LogP contribution in [-0.2, 0) is 6.42 Å². The second kappa shape index (κ2) is 10.4. The molecule has 0 aromatic carbocycles. The molecule has 0 aliphatic carbocycles. The Labute approximate surface area is 117 Å². The predicted molar refractivity (Wildman–Crippen MR) is 81.8 cm³/mol. The molecule has 2 heteroatoms. The van der Waals surface area contributed by atoms with Gasteiger partial charge in [0.25, 0.3) is 0 Å². The van der Waals surface area contributed by atoms with Gasteiger partial charge < -0.3 is 4.74 Å². The average molecular weight is 268 g/mol. The summed E-state index contributed by atoms with van der Waals surface area (Å²) in [5.74, 6) is 1.12. The third-order valence-corrected chi connectivity index (χ3v) is 4.33. The molecule has 1 nitrogen and oxygen atoms in total. The van der Waals surface area contributed by atoms with Crippen LogP contribution in [0.1, 0.15) is 70.1 Å². The number of hydrogen-bond donors (Lipinski definition) is 0. The number of thiophene rings is 1. The summed E-state index contributed by atoms with van der Waals surface area (Å²) >= 11 is 1.80. The summed E-state index contributed by atoms with van der Waals surface area (Å²) in [7, 11) is 0. The summed E-state index contributed by atoms with van der Waals surface area (Å²) in [5, 5.41) is 2.13. The van der Waals surface area contributed by atoms with Crippen molar-refractivity contribution in [3.63, 3.8) is 0 Å². The second-order valence-electron chi connectivity index (χ2n) is 4.88. The molecule has 0 N–H and O–H groups in total. The van der Waals surface area contributed by atoms with E-state index in [0.717, 1.165) is 18.8 Å². The Morgan fingerprint density at radius 1 is 0.944 bits per heavy atom. The molecule has 1 aromatic rings. The van der Waals surface area contributed by atoms with Gasteiger partial charge in [-0.15, -0.1) is 11.3 Å². The maximum absolute atomic E-state index is 5.82. The predicted octanol–water partition coefficient (Wildman–Crippen LogP) is 5.83. The standard InChI is InChI=1S/C16H28OS/c1-3-5-6-7-8-9-10-11-13-17-15-12-14-18-16(15)4-2/h12,14H,3-11,13H2,1-2H3. The fourth-order valence-corrected chi connectivity index (χ4v) is 2.90. The van der Waals surface area contributed by atoms with Gasteiger partial charge >= 0.3 is 0 Å². The largest absolute Gasteiger partial charge is 0.492 e. The van der Waals surface area contributed by atoms with Crippen molar-refractivity contribution in [2.24, 2.45) is 0 Å². The van der Waals surface area contributed by atoms with Gasteiger partial charge in [0.1, 0.15) is 5.75 Å². The first-order valence-electron chi connectivity index (χ1n) is 7.57. The Kier molecular flexibility index (Phi) is 9.01. The lowest BCUT2D eigenvalue weighted by Gasteiger charge is -2.06. The van der Waals surface area contributed by atoms with Crippen LogP contribution in [0.3, 0.4) is 0 Å². The Balaban J connectivity index is 1.92. The minimum absolute atomic E-state index is 0.888. The zero-order chi connectivity index (χ0) is 13.1. The molecule has 0 fully saturated rings. The first-order chi connectivity index (χ1) is 8.88. The van der Waals surface area contributed by atoms with Gasteiger partial charge in [0.05, 0.1) is 6.61 Å². The smallest absolute Gasteiger partial charge is 0.133 e. The zero-order valence-electron chi connectivity index (χ0n) is 12.0. The van der Waals surface area contributed by atoms with Crippen molar-refractivity contribution < 1.29 is 4.74 Å². The monoisotopic (exact) mass is 268 g/mol. The lowest BCUT2D eigenvalue weighted by atomic mass is 10.1. The lowest BCUT2D eigenvalue weighted by Crippen LogP contribution is -1.97. The highest BCUT2D eigenvalue weighted by atomic mass is 32.1. The molecular weight excluding hydrogens is 240 g/mol. The molecule has 0 radical (unpaired) electrons. The first kappa shape index (κ1) is 15.6. The van der Waals surface area contributed by atoms with Crippen LogP contribution in [0, 0.1) is 0 Å². The van der Waals surface area contributed by atoms with Gasteiger partial charge in [0.15, 0.2) is 0 Å². The van der Waals surface area contributed by atoms with Crippen LogP contribution in [0.5, 0.6) is 5.75 Å². The maximum atomic E-state index is 5.82. The summed E-state index contributed by atoms with van der Waals surface area (Å²) in [6.07, 6.45) is 12.0. The van der Waals surface area contributed by atoms with Crippen LogP contribution in [0.15, 0.2) is 11.4 Å². The summed E-state index contributed by atoms with van der Waals surface area (Å²) in [6, 6.07) is 2.11. The third kappa shape index (κ3) is 6.44. The molecule has 0 bridgehead atoms. The van der Waals surface area contributed by atoms with Crippen molar-refractivity contribution in [1.82, 2.24) is 0 Å². The molecule has 0 saturated carbocycles. The lowest BCUT2D eigenvalue weighted by molar-refractivity contribution is 0.303. The van der Waals surface area contributed by atoms with E-state index >= 15 is 0 Å². The number of ether oxygens (including phenoxy) is 1. The quantitative estimate of drug-likeness (QED) is 0.459. The van der Waals surface area contributed by atoms with E-state index in [1.54, 1.807) is 11.3 Å². The number of unbranched alkanes of at least 4 members (excludes halogenated alkanes) is 7. The Bertz CT molecular complexity index is 293. The van der Waals surface area contributed by atoms with E-state index in [-0.39, 0.29) is 0 Å². The molecular formula is C16H28OS. The van der Waals surface area contributed by atoms with E-state index in [1.165, 1.54) is 56.2 Å². The van der Waals surface area contributed by atoms with E-state index in [4.69, 9.17) is 4.74 Å². The van der Waals surface area contributed by atoms with Crippen molar-refractivity contribution in [2.75, 3.05) is 6.61 Å². The van der Waals surface area contributed by atoms with E-state index in [0.29, 0.717) is 0 Å². The zero-order valence-corrected chi connectivity index (χ0v) is 12.9. The number of hydrogen-bond acceptors (Lipinski definition) is 2. The minimum atomic E-state index is 0.888. The van der Waals surface area contributed by atoms with E-state index in [9.17, 15) is 0 Å². The summed E-state index contributed by atoms with van der Waals surface area (Å²) in [4.78, 5) is 1.38. The van der Waals surface area contributed by atoms with Gasteiger partial charge in [-0.25, -0.2) is 0 Å². The van der Waals surface area contributed by atoms with Crippen LogP contribution < -0.4 is 4.74 Å². The van der Waals surface area contributed by atoms with Crippen LogP contribution in [0.4, 0.5) is 0 Å². The SMILES string of the molecule is CCCCCCCCCCOc1ccsc1CC. The highest BCUT2D eigenvalue weighted by Crippen LogP contribution is 2.25. The maximum Gasteiger partial charge on any atom is 0.133 e. The van der Waals surface area contributed by atoms with Crippen molar-refractivity contribution in [1.29, 1.82) is 0 Å². The Hall–Kier alpha value is -0.500. The summed E-state index contributed by atoms with van der Waals surface area (Å²) in [5.41, 5.74) is 0. The van der Waals surface area contributed by atoms with E-state index in [1.807, 2.05) is 0 Å². The fourth-order valence-electron chi connectivity index (χ4n) is 2.13. The van der Waals surface area contributed by atoms with Gasteiger partial charge in [-0.1, -0.05) is 58.8 Å². The summed E-state index contributed by atoms with van der Waals surface area (Å²) < 4.78 is 5.82. The van der Waals surface area contributed by atoms with Gasteiger partial charge in [-0.3, -0.25) is 0 Å². The number of rotatable bonds is 11. The molecule has 0 unspecified atom stereocenters. The van der Waals surface area contributed by atoms with E-state index in [2.05, 4.69) is 25.3 Å². The van der Waals surface area contributed by atoms with Gasteiger partial charge in [-0.2, -0.15) is 0 Å². The molecule has 18 heavy (non-hydrogen) atoms. The molecule has 0 spiro atoms. The minimum Gasteiger partial charge on any atom is -0.492 e. The summed E-state index contributed by atoms with van der Waals surface area (Å²) in [6.45, 7) is 5.35. The van der Waals surface area contributed by atoms with Crippen LogP contribution in [-0.4, -0.2) is 6.61 Å². The fraction of sp³-hybridized carbons (Fsp3) is 0.750. The Morgan fingerprint density at radius 3 is 2.28 bits per heavy atom. The second-order valence-corrected chi connectivity index (χ2v) is 5.89. The highest BCUT2D eigenvalue weighted by Gasteiger charge is 2.02. The molecule has 1 heterocycles. The van der Waals surface area contributed by atoms with Crippen molar-refractivity contribution >= 4 is 11.3 Å². The Morgan fingerprint density at radius 2 is 1.61 bits per heavy atom. The number of aryl methyl sites for hydroxylation is 1.